The molecule has 1 amide bonds. The van der Waals surface area contributed by atoms with Gasteiger partial charge in [0, 0.05) is 18.7 Å². The van der Waals surface area contributed by atoms with Crippen molar-refractivity contribution in [2.75, 3.05) is 12.3 Å². The molecule has 0 aromatic carbocycles. The van der Waals surface area contributed by atoms with Gasteiger partial charge in [-0.25, -0.2) is 8.42 Å². The van der Waals surface area contributed by atoms with Crippen LogP contribution < -0.4 is 11.1 Å². The van der Waals surface area contributed by atoms with E-state index >= 15 is 0 Å². The molecular formula is C8H18N2O3S. The Kier molecular flexibility index (Phi) is 5.71. The number of carbonyl (C=O) groups is 1. The largest absolute Gasteiger partial charge is 0.353 e. The van der Waals surface area contributed by atoms with Gasteiger partial charge in [0.15, 0.2) is 9.84 Å². The molecule has 0 aliphatic heterocycles. The number of rotatable bonds is 6. The first kappa shape index (κ1) is 13.4. The summed E-state index contributed by atoms with van der Waals surface area (Å²) in [4.78, 5) is 11.0. The quantitative estimate of drug-likeness (QED) is 0.641. The van der Waals surface area contributed by atoms with Crippen molar-refractivity contribution in [1.29, 1.82) is 0 Å². The van der Waals surface area contributed by atoms with E-state index in [9.17, 15) is 13.2 Å². The lowest BCUT2D eigenvalue weighted by atomic mass is 10.3. The summed E-state index contributed by atoms with van der Waals surface area (Å²) < 4.78 is 22.4. The predicted octanol–water partition coefficient (Wildman–Crippen LogP) is -0.378. The van der Waals surface area contributed by atoms with Crippen LogP contribution in [0.2, 0.25) is 0 Å². The van der Waals surface area contributed by atoms with Crippen LogP contribution in [0.3, 0.4) is 0 Å². The van der Waals surface area contributed by atoms with Gasteiger partial charge in [0.05, 0.1) is 0 Å². The Labute approximate surface area is 85.0 Å². The molecule has 5 nitrogen and oxygen atoms in total. The molecule has 0 saturated heterocycles. The highest BCUT2D eigenvalue weighted by atomic mass is 32.2. The number of hydrogen-bond donors (Lipinski definition) is 2. The smallest absolute Gasteiger partial charge is 0.220 e. The first-order valence-corrected chi connectivity index (χ1v) is 6.39. The van der Waals surface area contributed by atoms with Crippen molar-refractivity contribution in [3.05, 3.63) is 0 Å². The molecular weight excluding hydrogens is 204 g/mol. The highest BCUT2D eigenvalue weighted by Crippen LogP contribution is 1.95. The van der Waals surface area contributed by atoms with Gasteiger partial charge in [-0.1, -0.05) is 13.8 Å². The van der Waals surface area contributed by atoms with Crippen molar-refractivity contribution in [3.8, 4) is 0 Å². The molecule has 0 bridgehead atoms. The molecule has 0 rings (SSSR count). The maximum atomic E-state index is 11.2. The van der Waals surface area contributed by atoms with Crippen molar-refractivity contribution in [3.63, 3.8) is 0 Å². The minimum Gasteiger partial charge on any atom is -0.353 e. The van der Waals surface area contributed by atoms with E-state index in [0.717, 1.165) is 6.42 Å². The van der Waals surface area contributed by atoms with Gasteiger partial charge in [0.1, 0.15) is 5.37 Å². The van der Waals surface area contributed by atoms with Gasteiger partial charge in [-0.05, 0) is 6.42 Å². The second-order valence-electron chi connectivity index (χ2n) is 3.04. The fourth-order valence-corrected chi connectivity index (χ4v) is 1.64. The van der Waals surface area contributed by atoms with E-state index in [2.05, 4.69) is 5.32 Å². The molecule has 3 N–H and O–H groups in total. The Morgan fingerprint density at radius 3 is 2.43 bits per heavy atom. The van der Waals surface area contributed by atoms with E-state index in [4.69, 9.17) is 5.73 Å². The predicted molar refractivity (Wildman–Crippen MR) is 55.4 cm³/mol. The van der Waals surface area contributed by atoms with Gasteiger partial charge >= 0.3 is 0 Å². The summed E-state index contributed by atoms with van der Waals surface area (Å²) in [5.41, 5.74) is 5.40. The van der Waals surface area contributed by atoms with Gasteiger partial charge in [0.2, 0.25) is 5.91 Å². The Morgan fingerprint density at radius 2 is 2.00 bits per heavy atom. The maximum Gasteiger partial charge on any atom is 0.220 e. The van der Waals surface area contributed by atoms with Crippen molar-refractivity contribution in [2.24, 2.45) is 5.73 Å². The van der Waals surface area contributed by atoms with Crippen LogP contribution in [0.15, 0.2) is 0 Å². The van der Waals surface area contributed by atoms with Crippen molar-refractivity contribution < 1.29 is 13.2 Å². The standard InChI is InChI=1S/C8H18N2O3S/c1-3-5-8(11)10-6-7(9)14(12,13)4-2/h7H,3-6,9H2,1-2H3,(H,10,11). The van der Waals surface area contributed by atoms with E-state index in [0.29, 0.717) is 6.42 Å². The molecule has 0 fully saturated rings. The molecule has 14 heavy (non-hydrogen) atoms. The van der Waals surface area contributed by atoms with Crippen LogP contribution >= 0.6 is 0 Å². The first-order valence-electron chi connectivity index (χ1n) is 4.67. The molecule has 1 unspecified atom stereocenters. The van der Waals surface area contributed by atoms with Crippen LogP contribution in [0.5, 0.6) is 0 Å². The van der Waals surface area contributed by atoms with Gasteiger partial charge in [0.25, 0.3) is 0 Å². The fourth-order valence-electron chi connectivity index (χ4n) is 0.871. The summed E-state index contributed by atoms with van der Waals surface area (Å²) in [5.74, 6) is -0.160. The summed E-state index contributed by atoms with van der Waals surface area (Å²) in [6, 6.07) is 0. The maximum absolute atomic E-state index is 11.2. The monoisotopic (exact) mass is 222 g/mol. The second kappa shape index (κ2) is 5.98. The van der Waals surface area contributed by atoms with Gasteiger partial charge in [-0.3, -0.25) is 4.79 Å². The van der Waals surface area contributed by atoms with Crippen LogP contribution in [0.25, 0.3) is 0 Å². The number of nitrogens with one attached hydrogen (secondary N) is 1. The number of nitrogens with two attached hydrogens (primary N) is 1. The summed E-state index contributed by atoms with van der Waals surface area (Å²) in [6.45, 7) is 3.40. The highest BCUT2D eigenvalue weighted by Gasteiger charge is 2.19. The molecule has 0 radical (unpaired) electrons. The van der Waals surface area contributed by atoms with E-state index in [1.165, 1.54) is 6.92 Å². The molecule has 0 aromatic rings. The van der Waals surface area contributed by atoms with E-state index < -0.39 is 15.2 Å². The Morgan fingerprint density at radius 1 is 1.43 bits per heavy atom. The molecule has 0 aliphatic carbocycles. The molecule has 84 valence electrons. The van der Waals surface area contributed by atoms with Crippen LogP contribution in [-0.2, 0) is 14.6 Å². The minimum absolute atomic E-state index is 0.00217. The molecule has 0 aromatic heterocycles. The van der Waals surface area contributed by atoms with Crippen LogP contribution in [-0.4, -0.2) is 32.0 Å². The van der Waals surface area contributed by atoms with E-state index in [1.54, 1.807) is 0 Å². The second-order valence-corrected chi connectivity index (χ2v) is 5.55. The van der Waals surface area contributed by atoms with Crippen molar-refractivity contribution in [2.45, 2.75) is 32.1 Å². The fraction of sp³-hybridized carbons (Fsp3) is 0.875. The number of hydrogen-bond acceptors (Lipinski definition) is 4. The van der Waals surface area contributed by atoms with Gasteiger partial charge in [-0.2, -0.15) is 0 Å². The zero-order valence-corrected chi connectivity index (χ0v) is 9.43. The minimum atomic E-state index is -3.25. The van der Waals surface area contributed by atoms with Crippen LogP contribution in [0.1, 0.15) is 26.7 Å². The summed E-state index contributed by atoms with van der Waals surface area (Å²) in [6.07, 6.45) is 1.14. The SMILES string of the molecule is CCCC(=O)NCC(N)S(=O)(=O)CC. The first-order chi connectivity index (χ1) is 6.44. The van der Waals surface area contributed by atoms with Crippen LogP contribution in [0.4, 0.5) is 0 Å². The third kappa shape index (κ3) is 4.57. The zero-order chi connectivity index (χ0) is 11.2. The van der Waals surface area contributed by atoms with Gasteiger partial charge < -0.3 is 11.1 Å². The molecule has 6 heteroatoms. The van der Waals surface area contributed by atoms with E-state index in [-0.39, 0.29) is 18.2 Å². The normalized spacial score (nSPS) is 13.6. The lowest BCUT2D eigenvalue weighted by Crippen LogP contribution is -2.43. The Hall–Kier alpha value is -0.620. The van der Waals surface area contributed by atoms with Gasteiger partial charge in [-0.15, -0.1) is 0 Å². The molecule has 0 saturated carbocycles. The van der Waals surface area contributed by atoms with Crippen LogP contribution in [0, 0.1) is 0 Å². The lowest BCUT2D eigenvalue weighted by Gasteiger charge is -2.12. The Bertz CT molecular complexity index is 274. The molecule has 1 atom stereocenters. The third-order valence-corrected chi connectivity index (χ3v) is 3.74. The Balaban J connectivity index is 3.97. The average molecular weight is 222 g/mol. The number of amides is 1. The lowest BCUT2D eigenvalue weighted by molar-refractivity contribution is -0.121. The third-order valence-electron chi connectivity index (χ3n) is 1.84. The average Bonchev–Trinajstić information content (AvgIpc) is 2.14. The molecule has 0 spiro atoms. The number of carbonyl (C=O) groups excluding carboxylic acids is 1. The highest BCUT2D eigenvalue weighted by molar-refractivity contribution is 7.91. The molecule has 0 aliphatic rings. The zero-order valence-electron chi connectivity index (χ0n) is 8.62. The summed E-state index contributed by atoms with van der Waals surface area (Å²) >= 11 is 0. The van der Waals surface area contributed by atoms with Crippen molar-refractivity contribution >= 4 is 15.7 Å². The molecule has 0 heterocycles. The summed E-state index contributed by atoms with van der Waals surface area (Å²) in [7, 11) is -3.25. The van der Waals surface area contributed by atoms with E-state index in [1.807, 2.05) is 6.92 Å². The summed E-state index contributed by atoms with van der Waals surface area (Å²) in [5, 5.41) is 1.49. The topological polar surface area (TPSA) is 89.3 Å². The number of sulfone groups is 1. The van der Waals surface area contributed by atoms with Crippen molar-refractivity contribution in [1.82, 2.24) is 5.32 Å².